The van der Waals surface area contributed by atoms with Crippen LogP contribution in [0.1, 0.15) is 11.6 Å². The molecule has 14 heteroatoms. The summed E-state index contributed by atoms with van der Waals surface area (Å²) in [6, 6.07) is 6.80. The molecule has 204 valence electrons. The fourth-order valence-electron chi connectivity index (χ4n) is 4.23. The van der Waals surface area contributed by atoms with Gasteiger partial charge in [0, 0.05) is 17.6 Å². The van der Waals surface area contributed by atoms with Crippen molar-refractivity contribution in [1.29, 1.82) is 0 Å². The number of halogens is 4. The number of rotatable bonds is 8. The van der Waals surface area contributed by atoms with E-state index in [1.807, 2.05) is 0 Å². The quantitative estimate of drug-likeness (QED) is 0.305. The van der Waals surface area contributed by atoms with Gasteiger partial charge in [-0.15, -0.1) is 5.10 Å². The summed E-state index contributed by atoms with van der Waals surface area (Å²) in [7, 11) is 1.35. The SMILES string of the molecule is CNC(=O)[C@@H](OCc1cccc(Cl)c1)[C@@H]1OC(CO)C(O)C(n2cc(-c3cc(F)c(F)c(F)c3)nn2)C1O. The van der Waals surface area contributed by atoms with Gasteiger partial charge in [0.05, 0.1) is 19.4 Å². The van der Waals surface area contributed by atoms with Gasteiger partial charge in [0.1, 0.15) is 36.2 Å². The summed E-state index contributed by atoms with van der Waals surface area (Å²) >= 11 is 6.00. The van der Waals surface area contributed by atoms with Crippen molar-refractivity contribution in [3.05, 3.63) is 70.6 Å². The van der Waals surface area contributed by atoms with Crippen molar-refractivity contribution in [2.75, 3.05) is 13.7 Å². The van der Waals surface area contributed by atoms with E-state index in [9.17, 15) is 33.3 Å². The zero-order valence-electron chi connectivity index (χ0n) is 19.8. The van der Waals surface area contributed by atoms with Crippen molar-refractivity contribution in [2.45, 2.75) is 43.2 Å². The van der Waals surface area contributed by atoms with Gasteiger partial charge in [-0.05, 0) is 29.8 Å². The summed E-state index contributed by atoms with van der Waals surface area (Å²) < 4.78 is 53.3. The minimum Gasteiger partial charge on any atom is -0.394 e. The molecule has 4 N–H and O–H groups in total. The first kappa shape index (κ1) is 28.0. The maximum Gasteiger partial charge on any atom is 0.251 e. The van der Waals surface area contributed by atoms with Crippen LogP contribution in [-0.2, 0) is 20.9 Å². The number of ether oxygens (including phenoxy) is 2. The highest BCUT2D eigenvalue weighted by Gasteiger charge is 2.50. The number of hydrogen-bond acceptors (Lipinski definition) is 8. The molecule has 1 aliphatic heterocycles. The molecule has 1 aliphatic rings. The summed E-state index contributed by atoms with van der Waals surface area (Å²) in [5, 5.41) is 42.4. The summed E-state index contributed by atoms with van der Waals surface area (Å²) in [5.41, 5.74) is 0.393. The number of nitrogens with one attached hydrogen (secondary N) is 1. The first-order chi connectivity index (χ1) is 18.1. The molecule has 0 spiro atoms. The fourth-order valence-corrected chi connectivity index (χ4v) is 4.44. The lowest BCUT2D eigenvalue weighted by molar-refractivity contribution is -0.234. The number of amides is 1. The normalized spacial score (nSPS) is 24.3. The Labute approximate surface area is 219 Å². The van der Waals surface area contributed by atoms with Crippen LogP contribution in [0, 0.1) is 17.5 Å². The number of likely N-dealkylation sites (N-methyl/N-ethyl adjacent to an activating group) is 1. The van der Waals surface area contributed by atoms with Crippen molar-refractivity contribution in [2.24, 2.45) is 0 Å². The maximum absolute atomic E-state index is 13.7. The molecule has 1 amide bonds. The van der Waals surface area contributed by atoms with Gasteiger partial charge in [0.25, 0.3) is 5.91 Å². The van der Waals surface area contributed by atoms with E-state index in [1.54, 1.807) is 24.3 Å². The van der Waals surface area contributed by atoms with Gasteiger partial charge in [-0.25, -0.2) is 17.9 Å². The Morgan fingerprint density at radius 1 is 1.21 bits per heavy atom. The average Bonchev–Trinajstić information content (AvgIpc) is 3.38. The lowest BCUT2D eigenvalue weighted by Crippen LogP contribution is -2.61. The zero-order valence-corrected chi connectivity index (χ0v) is 20.6. The number of aromatic nitrogens is 3. The van der Waals surface area contributed by atoms with Gasteiger partial charge in [-0.2, -0.15) is 0 Å². The summed E-state index contributed by atoms with van der Waals surface area (Å²) in [6.07, 6.45) is -6.08. The molecule has 1 fully saturated rings. The monoisotopic (exact) mass is 556 g/mol. The Bertz CT molecular complexity index is 1270. The van der Waals surface area contributed by atoms with E-state index < -0.39 is 66.5 Å². The number of aliphatic hydroxyl groups is 3. The minimum atomic E-state index is -1.65. The van der Waals surface area contributed by atoms with E-state index >= 15 is 0 Å². The largest absolute Gasteiger partial charge is 0.394 e. The highest BCUT2D eigenvalue weighted by atomic mass is 35.5. The molecule has 0 bridgehead atoms. The lowest BCUT2D eigenvalue weighted by Gasteiger charge is -2.44. The van der Waals surface area contributed by atoms with Crippen molar-refractivity contribution in [3.8, 4) is 11.3 Å². The average molecular weight is 557 g/mol. The van der Waals surface area contributed by atoms with Gasteiger partial charge < -0.3 is 30.1 Å². The summed E-state index contributed by atoms with van der Waals surface area (Å²) in [4.78, 5) is 12.7. The molecule has 2 aromatic carbocycles. The summed E-state index contributed by atoms with van der Waals surface area (Å²) in [6.45, 7) is -0.775. The van der Waals surface area contributed by atoms with Gasteiger partial charge in [-0.3, -0.25) is 4.79 Å². The Hall–Kier alpha value is -3.07. The zero-order chi connectivity index (χ0) is 27.6. The Morgan fingerprint density at radius 2 is 1.92 bits per heavy atom. The van der Waals surface area contributed by atoms with Gasteiger partial charge in [0.2, 0.25) is 0 Å². The standard InChI is InChI=1S/C24H24ClF3N4O6/c1-29-24(36)23(37-10-11-3-2-4-13(25)5-11)22-21(35)19(20(34)17(9-33)38-22)32-8-16(30-31-32)12-6-14(26)18(28)15(27)7-12/h2-8,17,19-23,33-35H,9-10H2,1H3,(H,29,36)/t17?,19?,20?,21?,22-,23+/m1/s1. The molecule has 0 saturated carbocycles. The highest BCUT2D eigenvalue weighted by molar-refractivity contribution is 6.30. The Balaban J connectivity index is 1.64. The van der Waals surface area contributed by atoms with Crippen molar-refractivity contribution < 1.29 is 42.8 Å². The fraction of sp³-hybridized carbons (Fsp3) is 0.375. The van der Waals surface area contributed by atoms with Crippen molar-refractivity contribution in [1.82, 2.24) is 20.3 Å². The first-order valence-electron chi connectivity index (χ1n) is 11.4. The second-order valence-corrected chi connectivity index (χ2v) is 9.04. The van der Waals surface area contributed by atoms with Crippen molar-refractivity contribution >= 4 is 17.5 Å². The third-order valence-electron chi connectivity index (χ3n) is 6.15. The van der Waals surface area contributed by atoms with Crippen LogP contribution < -0.4 is 5.32 Å². The van der Waals surface area contributed by atoms with Crippen LogP contribution in [0.25, 0.3) is 11.3 Å². The smallest absolute Gasteiger partial charge is 0.251 e. The van der Waals surface area contributed by atoms with Gasteiger partial charge in [0.15, 0.2) is 23.6 Å². The molecule has 6 atom stereocenters. The molecule has 3 aromatic rings. The third-order valence-corrected chi connectivity index (χ3v) is 6.38. The molecule has 4 rings (SSSR count). The molecule has 0 radical (unpaired) electrons. The summed E-state index contributed by atoms with van der Waals surface area (Å²) in [5.74, 6) is -5.18. The van der Waals surface area contributed by atoms with Crippen LogP contribution in [0.15, 0.2) is 42.6 Å². The topological polar surface area (TPSA) is 139 Å². The molecular weight excluding hydrogens is 533 g/mol. The second kappa shape index (κ2) is 11.8. The van der Waals surface area contributed by atoms with Crippen LogP contribution in [0.3, 0.4) is 0 Å². The Kier molecular flexibility index (Phi) is 8.65. The number of hydrogen-bond donors (Lipinski definition) is 4. The molecule has 1 aromatic heterocycles. The maximum atomic E-state index is 13.7. The van der Waals surface area contributed by atoms with E-state index in [1.165, 1.54) is 13.2 Å². The Morgan fingerprint density at radius 3 is 2.55 bits per heavy atom. The predicted octanol–water partition coefficient (Wildman–Crippen LogP) is 1.37. The van der Waals surface area contributed by atoms with E-state index in [0.29, 0.717) is 22.7 Å². The minimum absolute atomic E-state index is 0.0859. The van der Waals surface area contributed by atoms with E-state index in [4.69, 9.17) is 21.1 Å². The third kappa shape index (κ3) is 5.67. The molecule has 38 heavy (non-hydrogen) atoms. The van der Waals surface area contributed by atoms with Crippen LogP contribution in [0.5, 0.6) is 0 Å². The lowest BCUT2D eigenvalue weighted by atomic mass is 9.89. The van der Waals surface area contributed by atoms with Crippen LogP contribution in [0.2, 0.25) is 5.02 Å². The van der Waals surface area contributed by atoms with Crippen molar-refractivity contribution in [3.63, 3.8) is 0 Å². The molecule has 0 aliphatic carbocycles. The first-order valence-corrected chi connectivity index (χ1v) is 11.8. The highest BCUT2D eigenvalue weighted by Crippen LogP contribution is 2.33. The molecule has 2 heterocycles. The van der Waals surface area contributed by atoms with E-state index in [0.717, 1.165) is 4.68 Å². The number of benzene rings is 2. The van der Waals surface area contributed by atoms with Crippen LogP contribution >= 0.6 is 11.6 Å². The molecule has 1 saturated heterocycles. The van der Waals surface area contributed by atoms with E-state index in [2.05, 4.69) is 15.6 Å². The second-order valence-electron chi connectivity index (χ2n) is 8.61. The van der Waals surface area contributed by atoms with E-state index in [-0.39, 0.29) is 17.9 Å². The predicted molar refractivity (Wildman–Crippen MR) is 126 cm³/mol. The van der Waals surface area contributed by atoms with Gasteiger partial charge in [-0.1, -0.05) is 28.9 Å². The number of nitrogens with zero attached hydrogens (tertiary/aromatic N) is 3. The number of aliphatic hydroxyl groups excluding tert-OH is 3. The van der Waals surface area contributed by atoms with Gasteiger partial charge >= 0.3 is 0 Å². The molecule has 4 unspecified atom stereocenters. The number of carbonyl (C=O) groups excluding carboxylic acids is 1. The molecular formula is C24H24ClF3N4O6. The van der Waals surface area contributed by atoms with Crippen LogP contribution in [-0.4, -0.2) is 80.4 Å². The molecule has 10 nitrogen and oxygen atoms in total. The number of carbonyl (C=O) groups is 1. The van der Waals surface area contributed by atoms with Crippen LogP contribution in [0.4, 0.5) is 13.2 Å².